The standard InChI is InChI=1S/C17H21N3S/c1-2-12-18-17(21)20-16(13-8-4-3-5-9-13)14-10-6-7-11-15(14)19-20/h2-5,8-9,14,16H,1,6-7,10-12H2,(H,18,21)/t14-,16-/m1/s1. The second-order valence-corrected chi connectivity index (χ2v) is 6.01. The highest BCUT2D eigenvalue weighted by Crippen LogP contribution is 2.42. The second kappa shape index (κ2) is 6.39. The number of hydrazone groups is 1. The van der Waals surface area contributed by atoms with Crippen molar-refractivity contribution in [2.45, 2.75) is 31.7 Å². The van der Waals surface area contributed by atoms with Crippen LogP contribution in [0.4, 0.5) is 0 Å². The molecule has 2 aliphatic rings. The zero-order valence-corrected chi connectivity index (χ0v) is 13.0. The van der Waals surface area contributed by atoms with Gasteiger partial charge < -0.3 is 5.32 Å². The van der Waals surface area contributed by atoms with Crippen LogP contribution in [0.15, 0.2) is 48.1 Å². The number of nitrogens with zero attached hydrogens (tertiary/aromatic N) is 2. The van der Waals surface area contributed by atoms with Crippen LogP contribution >= 0.6 is 12.2 Å². The number of hydrogen-bond acceptors (Lipinski definition) is 2. The maximum Gasteiger partial charge on any atom is 0.190 e. The van der Waals surface area contributed by atoms with Gasteiger partial charge in [-0.1, -0.05) is 42.8 Å². The van der Waals surface area contributed by atoms with Gasteiger partial charge in [-0.2, -0.15) is 5.10 Å². The summed E-state index contributed by atoms with van der Waals surface area (Å²) in [6, 6.07) is 10.8. The Labute approximate surface area is 131 Å². The summed E-state index contributed by atoms with van der Waals surface area (Å²) in [5.74, 6) is 0.504. The molecule has 0 unspecified atom stereocenters. The van der Waals surface area contributed by atoms with E-state index in [4.69, 9.17) is 17.3 Å². The predicted molar refractivity (Wildman–Crippen MR) is 91.2 cm³/mol. The van der Waals surface area contributed by atoms with Crippen LogP contribution in [-0.2, 0) is 0 Å². The second-order valence-electron chi connectivity index (χ2n) is 5.62. The van der Waals surface area contributed by atoms with Crippen molar-refractivity contribution < 1.29 is 0 Å². The first kappa shape index (κ1) is 14.3. The first-order valence-corrected chi connectivity index (χ1v) is 8.02. The number of nitrogens with one attached hydrogen (secondary N) is 1. The quantitative estimate of drug-likeness (QED) is 0.682. The Hall–Kier alpha value is -1.68. The van der Waals surface area contributed by atoms with E-state index in [1.807, 2.05) is 11.1 Å². The summed E-state index contributed by atoms with van der Waals surface area (Å²) >= 11 is 5.54. The fourth-order valence-corrected chi connectivity index (χ4v) is 3.53. The third-order valence-corrected chi connectivity index (χ3v) is 4.59. The number of rotatable bonds is 3. The molecule has 3 nitrogen and oxygen atoms in total. The van der Waals surface area contributed by atoms with Crippen molar-refractivity contribution in [3.8, 4) is 0 Å². The van der Waals surface area contributed by atoms with E-state index >= 15 is 0 Å². The van der Waals surface area contributed by atoms with Gasteiger partial charge in [0.2, 0.25) is 0 Å². The van der Waals surface area contributed by atoms with Crippen LogP contribution in [0.5, 0.6) is 0 Å². The van der Waals surface area contributed by atoms with Crippen LogP contribution in [-0.4, -0.2) is 22.4 Å². The highest BCUT2D eigenvalue weighted by Gasteiger charge is 2.40. The van der Waals surface area contributed by atoms with E-state index in [9.17, 15) is 0 Å². The molecule has 1 aromatic rings. The number of fused-ring (bicyclic) bond motifs is 1. The molecular formula is C17H21N3S. The first-order chi connectivity index (χ1) is 10.3. The maximum atomic E-state index is 5.54. The molecule has 2 atom stereocenters. The van der Waals surface area contributed by atoms with E-state index in [-0.39, 0.29) is 6.04 Å². The molecule has 1 fully saturated rings. The van der Waals surface area contributed by atoms with Crippen LogP contribution in [0.1, 0.15) is 37.3 Å². The molecule has 1 aromatic carbocycles. The molecule has 1 N–H and O–H groups in total. The molecule has 1 aliphatic heterocycles. The smallest absolute Gasteiger partial charge is 0.190 e. The fourth-order valence-electron chi connectivity index (χ4n) is 3.29. The monoisotopic (exact) mass is 299 g/mol. The Morgan fingerprint density at radius 2 is 2.19 bits per heavy atom. The van der Waals surface area contributed by atoms with Gasteiger partial charge in [-0.15, -0.1) is 6.58 Å². The van der Waals surface area contributed by atoms with Crippen molar-refractivity contribution in [3.05, 3.63) is 48.6 Å². The van der Waals surface area contributed by atoms with Gasteiger partial charge in [0.25, 0.3) is 0 Å². The summed E-state index contributed by atoms with van der Waals surface area (Å²) < 4.78 is 0. The van der Waals surface area contributed by atoms with E-state index in [1.165, 1.54) is 30.5 Å². The van der Waals surface area contributed by atoms with E-state index in [1.54, 1.807) is 0 Å². The molecule has 0 bridgehead atoms. The third kappa shape index (κ3) is 2.86. The predicted octanol–water partition coefficient (Wildman–Crippen LogP) is 3.65. The largest absolute Gasteiger partial charge is 0.358 e. The molecule has 0 radical (unpaired) electrons. The maximum absolute atomic E-state index is 5.54. The Morgan fingerprint density at radius 3 is 2.95 bits per heavy atom. The average Bonchev–Trinajstić information content (AvgIpc) is 2.93. The van der Waals surface area contributed by atoms with Gasteiger partial charge in [-0.25, -0.2) is 5.01 Å². The summed E-state index contributed by atoms with van der Waals surface area (Å²) in [7, 11) is 0. The molecule has 110 valence electrons. The van der Waals surface area contributed by atoms with E-state index in [0.717, 1.165) is 6.42 Å². The summed E-state index contributed by atoms with van der Waals surface area (Å²) in [5.41, 5.74) is 2.61. The van der Waals surface area contributed by atoms with Crippen LogP contribution in [0, 0.1) is 5.92 Å². The van der Waals surface area contributed by atoms with Gasteiger partial charge >= 0.3 is 0 Å². The zero-order chi connectivity index (χ0) is 14.7. The summed E-state index contributed by atoms with van der Waals surface area (Å²) in [6.07, 6.45) is 6.67. The third-order valence-electron chi connectivity index (χ3n) is 4.25. The minimum atomic E-state index is 0.242. The van der Waals surface area contributed by atoms with Crippen molar-refractivity contribution in [3.63, 3.8) is 0 Å². The highest BCUT2D eigenvalue weighted by molar-refractivity contribution is 7.80. The molecule has 21 heavy (non-hydrogen) atoms. The van der Waals surface area contributed by atoms with Crippen molar-refractivity contribution in [1.29, 1.82) is 0 Å². The molecule has 3 rings (SSSR count). The van der Waals surface area contributed by atoms with Crippen molar-refractivity contribution in [2.75, 3.05) is 6.54 Å². The van der Waals surface area contributed by atoms with Gasteiger partial charge in [0.15, 0.2) is 5.11 Å². The lowest BCUT2D eigenvalue weighted by molar-refractivity contribution is 0.298. The molecule has 0 amide bonds. The molecule has 0 spiro atoms. The first-order valence-electron chi connectivity index (χ1n) is 7.61. The Kier molecular flexibility index (Phi) is 4.34. The summed E-state index contributed by atoms with van der Waals surface area (Å²) in [4.78, 5) is 0. The van der Waals surface area contributed by atoms with Crippen molar-refractivity contribution >= 4 is 23.0 Å². The SMILES string of the molecule is C=CCNC(=S)N1N=C2CCCC[C@H]2[C@H]1c1ccccc1. The minimum Gasteiger partial charge on any atom is -0.358 e. The van der Waals surface area contributed by atoms with E-state index < -0.39 is 0 Å². The summed E-state index contributed by atoms with van der Waals surface area (Å²) in [5, 5.41) is 10.8. The lowest BCUT2D eigenvalue weighted by Gasteiger charge is -2.30. The lowest BCUT2D eigenvalue weighted by Crippen LogP contribution is -2.38. The Balaban J connectivity index is 1.89. The molecule has 0 aromatic heterocycles. The van der Waals surface area contributed by atoms with Gasteiger partial charge in [0, 0.05) is 18.2 Å². The van der Waals surface area contributed by atoms with Crippen LogP contribution < -0.4 is 5.32 Å². The van der Waals surface area contributed by atoms with Gasteiger partial charge in [-0.3, -0.25) is 0 Å². The number of benzene rings is 1. The van der Waals surface area contributed by atoms with E-state index in [2.05, 4.69) is 42.2 Å². The average molecular weight is 299 g/mol. The minimum absolute atomic E-state index is 0.242. The number of thiocarbonyl (C=S) groups is 1. The Morgan fingerprint density at radius 1 is 1.38 bits per heavy atom. The number of hydrogen-bond donors (Lipinski definition) is 1. The van der Waals surface area contributed by atoms with Crippen LogP contribution in [0.3, 0.4) is 0 Å². The van der Waals surface area contributed by atoms with Crippen molar-refractivity contribution in [1.82, 2.24) is 10.3 Å². The normalized spacial score (nSPS) is 24.2. The van der Waals surface area contributed by atoms with Gasteiger partial charge in [0.1, 0.15) is 0 Å². The fraction of sp³-hybridized carbons (Fsp3) is 0.412. The van der Waals surface area contributed by atoms with Gasteiger partial charge in [0.05, 0.1) is 6.04 Å². The van der Waals surface area contributed by atoms with Crippen LogP contribution in [0.2, 0.25) is 0 Å². The Bertz CT molecular complexity index is 552. The molecule has 1 aliphatic carbocycles. The van der Waals surface area contributed by atoms with Crippen LogP contribution in [0.25, 0.3) is 0 Å². The topological polar surface area (TPSA) is 27.6 Å². The molecule has 1 heterocycles. The van der Waals surface area contributed by atoms with E-state index in [0.29, 0.717) is 17.6 Å². The highest BCUT2D eigenvalue weighted by atomic mass is 32.1. The molecule has 0 saturated heterocycles. The van der Waals surface area contributed by atoms with Crippen molar-refractivity contribution in [2.24, 2.45) is 11.0 Å². The zero-order valence-electron chi connectivity index (χ0n) is 12.2. The summed E-state index contributed by atoms with van der Waals surface area (Å²) in [6.45, 7) is 4.41. The molecule has 1 saturated carbocycles. The van der Waals surface area contributed by atoms with Gasteiger partial charge in [-0.05, 0) is 37.0 Å². The lowest BCUT2D eigenvalue weighted by atomic mass is 9.80. The molecular weight excluding hydrogens is 278 g/mol. The molecule has 4 heteroatoms.